The van der Waals surface area contributed by atoms with Crippen LogP contribution in [0.2, 0.25) is 0 Å². The molecule has 3 aliphatic rings. The SMILES string of the molecule is Cc1cc(NC(=O)[C@@H]2[C@@H]3C[C@H]4[C@H](OC(=O)[C@@H]42)[C@@H]3Br)cc(C)c1Br. The highest BCUT2D eigenvalue weighted by Gasteiger charge is 2.67. The average molecular weight is 443 g/mol. The largest absolute Gasteiger partial charge is 0.461 e. The first-order valence-electron chi connectivity index (χ1n) is 7.80. The van der Waals surface area contributed by atoms with E-state index in [4.69, 9.17) is 4.74 Å². The van der Waals surface area contributed by atoms with Gasteiger partial charge in [0.15, 0.2) is 0 Å². The molecule has 0 radical (unpaired) electrons. The van der Waals surface area contributed by atoms with E-state index in [1.807, 2.05) is 26.0 Å². The third kappa shape index (κ3) is 2.21. The molecule has 6 heteroatoms. The van der Waals surface area contributed by atoms with Crippen LogP contribution in [0.5, 0.6) is 0 Å². The Morgan fingerprint density at radius 2 is 1.91 bits per heavy atom. The van der Waals surface area contributed by atoms with E-state index in [1.54, 1.807) is 0 Å². The summed E-state index contributed by atoms with van der Waals surface area (Å²) < 4.78 is 6.52. The third-order valence-corrected chi connectivity index (χ3v) is 7.98. The van der Waals surface area contributed by atoms with Crippen molar-refractivity contribution >= 4 is 49.4 Å². The number of fused-ring (bicyclic) bond motifs is 1. The standard InChI is InChI=1S/C17H17Br2NO3/c1-6-3-8(4-7(2)13(6)18)20-16(21)11-9-5-10-12(11)17(22)23-15(10)14(9)19/h3-4,9-12,14-15H,5H2,1-2H3,(H,20,21)/t9-,10+,11+,12-,14+,15-/m0/s1. The van der Waals surface area contributed by atoms with Crippen molar-refractivity contribution in [3.63, 3.8) is 0 Å². The molecule has 1 aromatic rings. The first-order chi connectivity index (χ1) is 10.9. The van der Waals surface area contributed by atoms with Crippen LogP contribution in [0.1, 0.15) is 17.5 Å². The fraction of sp³-hybridized carbons (Fsp3) is 0.529. The van der Waals surface area contributed by atoms with E-state index < -0.39 is 0 Å². The van der Waals surface area contributed by atoms with Crippen LogP contribution in [0.3, 0.4) is 0 Å². The molecule has 6 atom stereocenters. The van der Waals surface area contributed by atoms with Crippen LogP contribution in [0.4, 0.5) is 5.69 Å². The monoisotopic (exact) mass is 441 g/mol. The topological polar surface area (TPSA) is 55.4 Å². The molecule has 2 bridgehead atoms. The Hall–Kier alpha value is -0.880. The average Bonchev–Trinajstić information content (AvgIpc) is 3.08. The van der Waals surface area contributed by atoms with E-state index in [0.29, 0.717) is 0 Å². The van der Waals surface area contributed by atoms with Gasteiger partial charge in [-0.1, -0.05) is 31.9 Å². The molecule has 1 amide bonds. The number of carbonyl (C=O) groups is 2. The zero-order valence-corrected chi connectivity index (χ0v) is 16.0. The van der Waals surface area contributed by atoms with Crippen LogP contribution in [-0.2, 0) is 14.3 Å². The predicted molar refractivity (Wildman–Crippen MR) is 93.4 cm³/mol. The van der Waals surface area contributed by atoms with Gasteiger partial charge in [-0.3, -0.25) is 9.59 Å². The highest BCUT2D eigenvalue weighted by Crippen LogP contribution is 2.60. The number of esters is 1. The molecule has 1 saturated heterocycles. The highest BCUT2D eigenvalue weighted by atomic mass is 79.9. The van der Waals surface area contributed by atoms with Gasteiger partial charge in [0.1, 0.15) is 6.10 Å². The van der Waals surface area contributed by atoms with Crippen molar-refractivity contribution in [3.8, 4) is 0 Å². The van der Waals surface area contributed by atoms with Gasteiger partial charge < -0.3 is 10.1 Å². The predicted octanol–water partition coefficient (Wildman–Crippen LogP) is 3.58. The van der Waals surface area contributed by atoms with Gasteiger partial charge in [0.2, 0.25) is 5.91 Å². The van der Waals surface area contributed by atoms with Gasteiger partial charge in [0.05, 0.1) is 16.7 Å². The van der Waals surface area contributed by atoms with Gasteiger partial charge >= 0.3 is 5.97 Å². The first kappa shape index (κ1) is 15.6. The van der Waals surface area contributed by atoms with Gasteiger partial charge in [-0.15, -0.1) is 0 Å². The summed E-state index contributed by atoms with van der Waals surface area (Å²) in [5.74, 6) is -0.449. The number of carbonyl (C=O) groups excluding carboxylic acids is 2. The molecule has 2 aliphatic carbocycles. The van der Waals surface area contributed by atoms with E-state index in [2.05, 4.69) is 37.2 Å². The number of benzene rings is 1. The van der Waals surface area contributed by atoms with E-state index in [1.165, 1.54) is 0 Å². The molecule has 0 aromatic heterocycles. The van der Waals surface area contributed by atoms with Crippen LogP contribution >= 0.6 is 31.9 Å². The van der Waals surface area contributed by atoms with Crippen LogP contribution in [0, 0.1) is 37.5 Å². The third-order valence-electron chi connectivity index (χ3n) is 5.53. The molecule has 1 N–H and O–H groups in total. The van der Waals surface area contributed by atoms with E-state index in [9.17, 15) is 9.59 Å². The van der Waals surface area contributed by atoms with Crippen LogP contribution < -0.4 is 5.32 Å². The van der Waals surface area contributed by atoms with Crippen LogP contribution in [0.25, 0.3) is 0 Å². The molecular weight excluding hydrogens is 426 g/mol. The fourth-order valence-electron chi connectivity index (χ4n) is 4.57. The molecule has 0 spiro atoms. The summed E-state index contributed by atoms with van der Waals surface area (Å²) in [4.78, 5) is 25.1. The Kier molecular flexibility index (Phi) is 3.61. The summed E-state index contributed by atoms with van der Waals surface area (Å²) in [6.45, 7) is 4.00. The lowest BCUT2D eigenvalue weighted by molar-refractivity contribution is -0.145. The minimum Gasteiger partial charge on any atom is -0.461 e. The van der Waals surface area contributed by atoms with Crippen LogP contribution in [0.15, 0.2) is 16.6 Å². The summed E-state index contributed by atoms with van der Waals surface area (Å²) in [5.41, 5.74) is 2.93. The minimum absolute atomic E-state index is 0.0429. The second-order valence-corrected chi connectivity index (χ2v) is 8.72. The number of ether oxygens (including phenoxy) is 1. The molecule has 1 aromatic carbocycles. The second-order valence-electron chi connectivity index (χ2n) is 6.87. The fourth-order valence-corrected chi connectivity index (χ4v) is 5.85. The number of amides is 1. The summed E-state index contributed by atoms with van der Waals surface area (Å²) >= 11 is 7.17. The molecule has 23 heavy (non-hydrogen) atoms. The Morgan fingerprint density at radius 3 is 2.57 bits per heavy atom. The Balaban J connectivity index is 1.60. The molecule has 4 nitrogen and oxygen atoms in total. The summed E-state index contributed by atoms with van der Waals surface area (Å²) in [6.07, 6.45) is 0.853. The quantitative estimate of drug-likeness (QED) is 0.562. The lowest BCUT2D eigenvalue weighted by Gasteiger charge is -2.27. The van der Waals surface area contributed by atoms with Crippen molar-refractivity contribution < 1.29 is 14.3 Å². The summed E-state index contributed by atoms with van der Waals surface area (Å²) in [5, 5.41) is 3.01. The minimum atomic E-state index is -0.292. The zero-order valence-electron chi connectivity index (χ0n) is 12.8. The van der Waals surface area contributed by atoms with Crippen molar-refractivity contribution in [1.29, 1.82) is 0 Å². The first-order valence-corrected chi connectivity index (χ1v) is 9.51. The second kappa shape index (κ2) is 5.31. The van der Waals surface area contributed by atoms with Crippen molar-refractivity contribution in [1.82, 2.24) is 0 Å². The van der Waals surface area contributed by atoms with E-state index in [-0.39, 0.29) is 46.5 Å². The number of halogens is 2. The molecule has 3 fully saturated rings. The van der Waals surface area contributed by atoms with Crippen molar-refractivity contribution in [2.24, 2.45) is 23.7 Å². The Morgan fingerprint density at radius 1 is 1.26 bits per heavy atom. The maximum Gasteiger partial charge on any atom is 0.310 e. The lowest BCUT2D eigenvalue weighted by Crippen LogP contribution is -2.40. The highest BCUT2D eigenvalue weighted by molar-refractivity contribution is 9.10. The number of nitrogens with one attached hydrogen (secondary N) is 1. The molecular formula is C17H17Br2NO3. The smallest absolute Gasteiger partial charge is 0.310 e. The Labute approximate surface area is 151 Å². The van der Waals surface area contributed by atoms with Crippen molar-refractivity contribution in [2.45, 2.75) is 31.2 Å². The number of rotatable bonds is 2. The van der Waals surface area contributed by atoms with Gasteiger partial charge in [-0.05, 0) is 49.4 Å². The van der Waals surface area contributed by atoms with Gasteiger partial charge in [0, 0.05) is 16.1 Å². The molecule has 2 saturated carbocycles. The summed E-state index contributed by atoms with van der Waals surface area (Å²) in [6, 6.07) is 3.90. The molecule has 1 aliphatic heterocycles. The molecule has 1 heterocycles. The molecule has 122 valence electrons. The normalized spacial score (nSPS) is 37.1. The van der Waals surface area contributed by atoms with Gasteiger partial charge in [-0.25, -0.2) is 0 Å². The molecule has 4 rings (SSSR count). The molecule has 0 unspecified atom stereocenters. The van der Waals surface area contributed by atoms with Crippen LogP contribution in [-0.4, -0.2) is 22.8 Å². The zero-order chi connectivity index (χ0) is 16.5. The van der Waals surface area contributed by atoms with Crippen molar-refractivity contribution in [2.75, 3.05) is 5.32 Å². The van der Waals surface area contributed by atoms with Gasteiger partial charge in [0.25, 0.3) is 0 Å². The number of anilines is 1. The lowest BCUT2D eigenvalue weighted by atomic mass is 9.79. The Bertz CT molecular complexity index is 697. The van der Waals surface area contributed by atoms with Crippen molar-refractivity contribution in [3.05, 3.63) is 27.7 Å². The number of aryl methyl sites for hydroxylation is 2. The maximum atomic E-state index is 12.8. The van der Waals surface area contributed by atoms with E-state index >= 15 is 0 Å². The number of alkyl halides is 1. The van der Waals surface area contributed by atoms with Gasteiger partial charge in [-0.2, -0.15) is 0 Å². The van der Waals surface area contributed by atoms with E-state index in [0.717, 1.165) is 27.7 Å². The summed E-state index contributed by atoms with van der Waals surface area (Å²) in [7, 11) is 0. The maximum absolute atomic E-state index is 12.8. The number of hydrogen-bond donors (Lipinski definition) is 1. The number of hydrogen-bond acceptors (Lipinski definition) is 3.